The highest BCUT2D eigenvalue weighted by molar-refractivity contribution is 5.37. The molecule has 0 saturated heterocycles. The van der Waals surface area contributed by atoms with Crippen LogP contribution < -0.4 is 9.47 Å². The maximum atomic E-state index is 10.0. The molecule has 0 spiro atoms. The van der Waals surface area contributed by atoms with E-state index < -0.39 is 6.10 Å². The Morgan fingerprint density at radius 3 is 2.35 bits per heavy atom. The fraction of sp³-hybridized carbons (Fsp3) is 0.294. The van der Waals surface area contributed by atoms with Gasteiger partial charge in [0.2, 0.25) is 0 Å². The number of aliphatic hydroxyl groups excluding tert-OH is 1. The van der Waals surface area contributed by atoms with Crippen LogP contribution in [0.25, 0.3) is 0 Å². The molecular formula is C17H20O3. The van der Waals surface area contributed by atoms with Gasteiger partial charge in [-0.15, -0.1) is 0 Å². The second-order valence-corrected chi connectivity index (χ2v) is 4.56. The minimum atomic E-state index is -0.496. The Bertz CT molecular complexity index is 551. The fourth-order valence-corrected chi connectivity index (χ4v) is 2.08. The van der Waals surface area contributed by atoms with Gasteiger partial charge in [0.25, 0.3) is 0 Å². The highest BCUT2D eigenvalue weighted by Crippen LogP contribution is 2.28. The van der Waals surface area contributed by atoms with E-state index in [0.29, 0.717) is 18.8 Å². The average molecular weight is 272 g/mol. The second-order valence-electron chi connectivity index (χ2n) is 4.56. The van der Waals surface area contributed by atoms with E-state index in [-0.39, 0.29) is 0 Å². The monoisotopic (exact) mass is 272 g/mol. The molecule has 1 N–H and O–H groups in total. The summed E-state index contributed by atoms with van der Waals surface area (Å²) in [7, 11) is 1.65. The predicted octanol–water partition coefficient (Wildman–Crippen LogP) is 3.72. The van der Waals surface area contributed by atoms with E-state index in [1.807, 2.05) is 55.5 Å². The van der Waals surface area contributed by atoms with Crippen LogP contribution in [0, 0.1) is 0 Å². The Morgan fingerprint density at radius 2 is 1.65 bits per heavy atom. The van der Waals surface area contributed by atoms with Gasteiger partial charge in [0.1, 0.15) is 18.1 Å². The lowest BCUT2D eigenvalue weighted by Crippen LogP contribution is -2.03. The van der Waals surface area contributed by atoms with Gasteiger partial charge >= 0.3 is 0 Å². The number of hydrogen-bond acceptors (Lipinski definition) is 3. The number of hydrogen-bond donors (Lipinski definition) is 1. The summed E-state index contributed by atoms with van der Waals surface area (Å²) in [6.07, 6.45) is 0.165. The first-order valence-electron chi connectivity index (χ1n) is 6.78. The second kappa shape index (κ2) is 6.96. The summed E-state index contributed by atoms with van der Waals surface area (Å²) in [5, 5.41) is 10.0. The summed E-state index contributed by atoms with van der Waals surface area (Å²) in [6.45, 7) is 2.36. The van der Waals surface area contributed by atoms with E-state index in [0.717, 1.165) is 16.9 Å². The zero-order chi connectivity index (χ0) is 14.4. The first-order valence-corrected chi connectivity index (χ1v) is 6.78. The minimum absolute atomic E-state index is 0.414. The molecule has 3 nitrogen and oxygen atoms in total. The van der Waals surface area contributed by atoms with Gasteiger partial charge in [-0.25, -0.2) is 0 Å². The van der Waals surface area contributed by atoms with Crippen LogP contribution in [0.3, 0.4) is 0 Å². The van der Waals surface area contributed by atoms with Crippen molar-refractivity contribution in [3.8, 4) is 11.5 Å². The molecule has 106 valence electrons. The average Bonchev–Trinajstić information content (AvgIpc) is 2.52. The molecule has 0 fully saturated rings. The molecule has 0 unspecified atom stereocenters. The summed E-state index contributed by atoms with van der Waals surface area (Å²) in [4.78, 5) is 0. The minimum Gasteiger partial charge on any atom is -0.496 e. The summed E-state index contributed by atoms with van der Waals surface area (Å²) >= 11 is 0. The van der Waals surface area contributed by atoms with Gasteiger partial charge in [-0.3, -0.25) is 0 Å². The van der Waals surface area contributed by atoms with Gasteiger partial charge in [-0.2, -0.15) is 0 Å². The third kappa shape index (κ3) is 3.31. The highest BCUT2D eigenvalue weighted by atomic mass is 16.5. The van der Waals surface area contributed by atoms with Crippen LogP contribution in [0.1, 0.15) is 30.6 Å². The third-order valence-electron chi connectivity index (χ3n) is 3.24. The summed E-state index contributed by atoms with van der Waals surface area (Å²) in [5.41, 5.74) is 1.81. The molecule has 0 amide bonds. The molecule has 0 aliphatic carbocycles. The molecule has 3 heteroatoms. The topological polar surface area (TPSA) is 38.7 Å². The van der Waals surface area contributed by atoms with Gasteiger partial charge in [-0.05, 0) is 18.6 Å². The first kappa shape index (κ1) is 14.4. The van der Waals surface area contributed by atoms with E-state index in [1.54, 1.807) is 7.11 Å². The van der Waals surface area contributed by atoms with Gasteiger partial charge in [0, 0.05) is 11.1 Å². The molecule has 2 aromatic rings. The quantitative estimate of drug-likeness (QED) is 0.871. The van der Waals surface area contributed by atoms with E-state index >= 15 is 0 Å². The van der Waals surface area contributed by atoms with Crippen LogP contribution in [0.15, 0.2) is 48.5 Å². The standard InChI is InChI=1S/C17H20O3/c1-3-15(18)14-9-5-7-11-17(14)20-12-13-8-4-6-10-16(13)19-2/h4-11,15,18H,3,12H2,1-2H3/t15-/m0/s1. The van der Waals surface area contributed by atoms with Crippen LogP contribution in [-0.4, -0.2) is 12.2 Å². The number of para-hydroxylation sites is 2. The largest absolute Gasteiger partial charge is 0.496 e. The maximum absolute atomic E-state index is 10.0. The van der Waals surface area contributed by atoms with Crippen molar-refractivity contribution in [3.63, 3.8) is 0 Å². The lowest BCUT2D eigenvalue weighted by Gasteiger charge is -2.15. The Labute approximate surface area is 119 Å². The van der Waals surface area contributed by atoms with Crippen molar-refractivity contribution in [2.45, 2.75) is 26.1 Å². The van der Waals surface area contributed by atoms with Crippen molar-refractivity contribution in [3.05, 3.63) is 59.7 Å². The molecule has 0 aliphatic rings. The molecule has 0 heterocycles. The Kier molecular flexibility index (Phi) is 5.02. The Hall–Kier alpha value is -2.00. The number of methoxy groups -OCH3 is 1. The van der Waals surface area contributed by atoms with Crippen LogP contribution in [0.5, 0.6) is 11.5 Å². The molecule has 1 atom stereocenters. The maximum Gasteiger partial charge on any atom is 0.125 e. The zero-order valence-electron chi connectivity index (χ0n) is 11.9. The van der Waals surface area contributed by atoms with Crippen LogP contribution >= 0.6 is 0 Å². The zero-order valence-corrected chi connectivity index (χ0v) is 11.9. The summed E-state index contributed by atoms with van der Waals surface area (Å²) in [6, 6.07) is 15.3. The normalized spacial score (nSPS) is 11.9. The molecule has 0 aromatic heterocycles. The molecular weight excluding hydrogens is 252 g/mol. The fourth-order valence-electron chi connectivity index (χ4n) is 2.08. The van der Waals surface area contributed by atoms with E-state index in [4.69, 9.17) is 9.47 Å². The SMILES string of the molecule is CC[C@H](O)c1ccccc1OCc1ccccc1OC. The van der Waals surface area contributed by atoms with E-state index in [1.165, 1.54) is 0 Å². The molecule has 2 aromatic carbocycles. The molecule has 0 saturated carbocycles. The van der Waals surface area contributed by atoms with E-state index in [9.17, 15) is 5.11 Å². The summed E-state index contributed by atoms with van der Waals surface area (Å²) < 4.78 is 11.2. The van der Waals surface area contributed by atoms with Gasteiger partial charge in [0.15, 0.2) is 0 Å². The summed E-state index contributed by atoms with van der Waals surface area (Å²) in [5.74, 6) is 1.52. The highest BCUT2D eigenvalue weighted by Gasteiger charge is 2.11. The Morgan fingerprint density at radius 1 is 1.00 bits per heavy atom. The number of benzene rings is 2. The number of ether oxygens (including phenoxy) is 2. The molecule has 0 aliphatic heterocycles. The van der Waals surface area contributed by atoms with Gasteiger partial charge < -0.3 is 14.6 Å². The third-order valence-corrected chi connectivity index (χ3v) is 3.24. The molecule has 0 radical (unpaired) electrons. The first-order chi connectivity index (χ1) is 9.76. The van der Waals surface area contributed by atoms with Crippen molar-refractivity contribution in [1.82, 2.24) is 0 Å². The number of rotatable bonds is 6. The van der Waals surface area contributed by atoms with Gasteiger partial charge in [0.05, 0.1) is 13.2 Å². The van der Waals surface area contributed by atoms with Crippen LogP contribution in [-0.2, 0) is 6.61 Å². The molecule has 2 rings (SSSR count). The lowest BCUT2D eigenvalue weighted by molar-refractivity contribution is 0.166. The molecule has 0 bridgehead atoms. The van der Waals surface area contributed by atoms with Crippen molar-refractivity contribution in [2.24, 2.45) is 0 Å². The number of aliphatic hydroxyl groups is 1. The predicted molar refractivity (Wildman–Crippen MR) is 79.0 cm³/mol. The Balaban J connectivity index is 2.15. The van der Waals surface area contributed by atoms with Crippen molar-refractivity contribution in [2.75, 3.05) is 7.11 Å². The van der Waals surface area contributed by atoms with Crippen molar-refractivity contribution in [1.29, 1.82) is 0 Å². The van der Waals surface area contributed by atoms with E-state index in [2.05, 4.69) is 0 Å². The van der Waals surface area contributed by atoms with Crippen molar-refractivity contribution >= 4 is 0 Å². The smallest absolute Gasteiger partial charge is 0.125 e. The van der Waals surface area contributed by atoms with Crippen molar-refractivity contribution < 1.29 is 14.6 Å². The molecule has 20 heavy (non-hydrogen) atoms. The van der Waals surface area contributed by atoms with Crippen LogP contribution in [0.2, 0.25) is 0 Å². The lowest BCUT2D eigenvalue weighted by atomic mass is 10.1. The van der Waals surface area contributed by atoms with Crippen LogP contribution in [0.4, 0.5) is 0 Å². The van der Waals surface area contributed by atoms with Gasteiger partial charge in [-0.1, -0.05) is 43.3 Å².